The molecule has 12 nitrogen and oxygen atoms in total. The molecule has 0 bridgehead atoms. The number of nitrogens with one attached hydrogen (secondary N) is 4. The van der Waals surface area contributed by atoms with E-state index in [-0.39, 0.29) is 111 Å². The topological polar surface area (TPSA) is 161 Å². The average molecular weight is 1420 g/mol. The number of nitrogens with zero attached hydrogens (tertiary/aromatic N) is 5. The monoisotopic (exact) mass is 1420 g/mol. The molecule has 1 aliphatic rings. The van der Waals surface area contributed by atoms with Gasteiger partial charge in [0.2, 0.25) is 0 Å². The quantitative estimate of drug-likeness (QED) is 0.0344. The first kappa shape index (κ1) is 64.0. The van der Waals surface area contributed by atoms with Crippen LogP contribution in [0, 0.1) is 6.08 Å². The normalized spacial score (nSPS) is 11.8. The molecule has 0 spiro atoms. The van der Waals surface area contributed by atoms with E-state index in [1.54, 1.807) is 0 Å². The second-order valence-electron chi connectivity index (χ2n) is 23.1. The molecule has 9 heterocycles. The van der Waals surface area contributed by atoms with Crippen molar-refractivity contribution in [1.29, 1.82) is 0 Å². The van der Waals surface area contributed by atoms with Gasteiger partial charge in [-0.2, -0.15) is 0 Å². The number of hydrogen-bond acceptors (Lipinski definition) is 6. The molecular formula is C82H53IK2N9O3+. The number of aromatic nitrogens is 9. The summed E-state index contributed by atoms with van der Waals surface area (Å²) in [7, 11) is 0. The molecule has 9 aromatic heterocycles. The zero-order valence-corrected chi connectivity index (χ0v) is 61.0. The molecule has 21 rings (SSSR count). The van der Waals surface area contributed by atoms with E-state index in [0.717, 1.165) is 72.1 Å². The number of carbonyl (C=O) groups excluding carboxylic acids is 1. The average Bonchev–Trinajstić information content (AvgIpc) is 1.55. The molecule has 0 saturated carbocycles. The number of carbonyl (C=O) groups is 1. The minimum atomic E-state index is -0.181. The van der Waals surface area contributed by atoms with Crippen LogP contribution >= 0.6 is 22.6 Å². The number of fused-ring (bicyclic) bond motifs is 30. The SMILES string of the molecule is IC1=CC=CC=[C+]1.O=CO[O-].[H-].[K+].[K+].c1ccc(-n2c3ccccc3c3c4cccnc4c4c5ccccc5[nH]c4c32)cc1.c1ccc(-n2c3ccccc3c3c4ncccc4c4c5ccccc5[nH]c4c32)cc1.c1ccc2c(c1)[nH]c1c3[nH]c4ccccc4c3c3ncccc3c21. The van der Waals surface area contributed by atoms with E-state index < -0.39 is 0 Å². The predicted molar refractivity (Wildman–Crippen MR) is 399 cm³/mol. The van der Waals surface area contributed by atoms with Crippen LogP contribution in [0.3, 0.4) is 0 Å². The standard InChI is InChI=1S/2C27H17N3.C21H13N3.C6H4I.CH2O3.2K.H/c1-2-9-17(10-3-1)30-22-15-7-5-12-19(22)23-20-13-8-16-28-25(20)24-18-11-4-6-14-21(18)29-26(24)27(23)30;1-2-9-17(10-3-1)30-22-15-7-5-12-19(22)24-25-20(13-8-16-28-25)23-18-11-4-6-14-21(18)29-26(23)27(24)30;1-3-9-15-12(6-1)17-14-8-5-11-22-19(14)18-13-7-2-4-10-16(13)24-21(18)20(17)23-15;7-6-4-2-1-3-5-6;2-1-4-3;;;/h2*1-16,29H;1-11,23-24H;1-4H;1,3H;;;/q;;;+1;;2*+1;-1/p-1. The summed E-state index contributed by atoms with van der Waals surface area (Å²) >= 11 is 2.22. The van der Waals surface area contributed by atoms with E-state index >= 15 is 0 Å². The summed E-state index contributed by atoms with van der Waals surface area (Å²) < 4.78 is 5.92. The predicted octanol–water partition coefficient (Wildman–Crippen LogP) is 14.2. The Labute approximate surface area is 653 Å². The maximum Gasteiger partial charge on any atom is 1.00 e. The summed E-state index contributed by atoms with van der Waals surface area (Å²) in [5.41, 5.74) is 19.4. The molecule has 97 heavy (non-hydrogen) atoms. The van der Waals surface area contributed by atoms with Gasteiger partial charge in [0.15, 0.2) is 3.58 Å². The van der Waals surface area contributed by atoms with Gasteiger partial charge in [-0.1, -0.05) is 164 Å². The molecule has 11 aromatic carbocycles. The summed E-state index contributed by atoms with van der Waals surface area (Å²) in [6.45, 7) is -0.181. The first-order valence-corrected chi connectivity index (χ1v) is 32.2. The summed E-state index contributed by atoms with van der Waals surface area (Å²) in [4.78, 5) is 40.4. The number of H-pyrrole nitrogens is 4. The Morgan fingerprint density at radius 3 is 1.14 bits per heavy atom. The Morgan fingerprint density at radius 2 is 0.711 bits per heavy atom. The summed E-state index contributed by atoms with van der Waals surface area (Å²) in [5, 5.41) is 26.7. The molecule has 20 aromatic rings. The fourth-order valence-electron chi connectivity index (χ4n) is 14.3. The van der Waals surface area contributed by atoms with Crippen LogP contribution in [0.25, 0.3) is 175 Å². The van der Waals surface area contributed by atoms with Crippen molar-refractivity contribution in [2.45, 2.75) is 0 Å². The van der Waals surface area contributed by atoms with Crippen LogP contribution in [0.1, 0.15) is 1.43 Å². The summed E-state index contributed by atoms with van der Waals surface area (Å²) in [6, 6.07) is 85.1. The number of allylic oxidation sites excluding steroid dienone is 6. The molecule has 4 N–H and O–H groups in total. The van der Waals surface area contributed by atoms with Gasteiger partial charge < -0.3 is 40.6 Å². The molecule has 452 valence electrons. The van der Waals surface area contributed by atoms with Crippen molar-refractivity contribution in [3.63, 3.8) is 0 Å². The minimum Gasteiger partial charge on any atom is -1.00 e. The number of pyridine rings is 3. The van der Waals surface area contributed by atoms with Crippen molar-refractivity contribution in [3.8, 4) is 11.4 Å². The molecule has 15 heteroatoms. The number of para-hydroxylation sites is 8. The first-order valence-electron chi connectivity index (χ1n) is 31.1. The van der Waals surface area contributed by atoms with E-state index in [4.69, 9.17) is 25.0 Å². The van der Waals surface area contributed by atoms with Crippen molar-refractivity contribution >= 4 is 193 Å². The minimum absolute atomic E-state index is 0. The Hall–Kier alpha value is -8.99. The Morgan fingerprint density at radius 1 is 0.381 bits per heavy atom. The third kappa shape index (κ3) is 11.0. The second kappa shape index (κ2) is 27.5. The molecule has 0 aliphatic heterocycles. The maximum absolute atomic E-state index is 8.64. The fraction of sp³-hybridized carbons (Fsp3) is 0. The zero-order chi connectivity index (χ0) is 63.5. The van der Waals surface area contributed by atoms with Crippen LogP contribution < -0.4 is 108 Å². The van der Waals surface area contributed by atoms with E-state index in [0.29, 0.717) is 0 Å². The van der Waals surface area contributed by atoms with Gasteiger partial charge in [-0.3, -0.25) is 19.7 Å². The Bertz CT molecular complexity index is 6160. The molecule has 0 saturated heterocycles. The Kier molecular flexibility index (Phi) is 18.2. The number of benzene rings is 11. The van der Waals surface area contributed by atoms with Crippen LogP contribution in [0.4, 0.5) is 0 Å². The molecule has 0 unspecified atom stereocenters. The van der Waals surface area contributed by atoms with Crippen molar-refractivity contribution in [1.82, 2.24) is 44.0 Å². The molecule has 0 fully saturated rings. The fourth-order valence-corrected chi connectivity index (χ4v) is 14.7. The Balaban J connectivity index is 0.000000115. The van der Waals surface area contributed by atoms with Gasteiger partial charge in [0.05, 0.1) is 78.9 Å². The third-order valence-electron chi connectivity index (χ3n) is 18.0. The molecule has 0 atom stereocenters. The van der Waals surface area contributed by atoms with Gasteiger partial charge in [-0.25, -0.2) is 0 Å². The van der Waals surface area contributed by atoms with Gasteiger partial charge in [-0.05, 0) is 101 Å². The van der Waals surface area contributed by atoms with Gasteiger partial charge in [0, 0.05) is 139 Å². The second-order valence-corrected chi connectivity index (χ2v) is 24.3. The van der Waals surface area contributed by atoms with Crippen LogP contribution in [0.15, 0.2) is 289 Å². The van der Waals surface area contributed by atoms with Gasteiger partial charge >= 0.3 is 103 Å². The molecular weight excluding hydrogens is 1360 g/mol. The van der Waals surface area contributed by atoms with Crippen LogP contribution in [0.5, 0.6) is 0 Å². The van der Waals surface area contributed by atoms with E-state index in [9.17, 15) is 0 Å². The van der Waals surface area contributed by atoms with E-state index in [1.807, 2.05) is 61.1 Å². The van der Waals surface area contributed by atoms with Crippen LogP contribution in [-0.2, 0) is 9.68 Å². The van der Waals surface area contributed by atoms with Crippen molar-refractivity contribution in [2.75, 3.05) is 0 Å². The van der Waals surface area contributed by atoms with Crippen LogP contribution in [-0.4, -0.2) is 50.5 Å². The molecule has 0 amide bonds. The van der Waals surface area contributed by atoms with Crippen LogP contribution in [0.2, 0.25) is 0 Å². The van der Waals surface area contributed by atoms with Gasteiger partial charge in [0.1, 0.15) is 6.08 Å². The van der Waals surface area contributed by atoms with Gasteiger partial charge in [0.25, 0.3) is 6.47 Å². The number of rotatable bonds is 3. The van der Waals surface area contributed by atoms with Crippen molar-refractivity contribution < 1.29 is 119 Å². The third-order valence-corrected chi connectivity index (χ3v) is 18.6. The van der Waals surface area contributed by atoms with E-state index in [2.05, 4.69) is 287 Å². The molecule has 0 radical (unpaired) electrons. The number of hydrogen-bond donors (Lipinski definition) is 4. The summed E-state index contributed by atoms with van der Waals surface area (Å²) in [6.07, 6.45) is 16.6. The van der Waals surface area contributed by atoms with E-state index in [1.165, 1.54) is 106 Å². The van der Waals surface area contributed by atoms with Gasteiger partial charge in [-0.15, -0.1) is 0 Å². The smallest absolute Gasteiger partial charge is 1.00 e. The first-order chi connectivity index (χ1) is 47.1. The zero-order valence-electron chi connectivity index (χ0n) is 53.6. The maximum atomic E-state index is 8.64. The largest absolute Gasteiger partial charge is 1.00 e. The van der Waals surface area contributed by atoms with Crippen molar-refractivity contribution in [3.05, 3.63) is 295 Å². The summed E-state index contributed by atoms with van der Waals surface area (Å²) in [5.74, 6) is 0. The number of aromatic amines is 4. The number of halogens is 1. The van der Waals surface area contributed by atoms with Crippen molar-refractivity contribution in [2.24, 2.45) is 0 Å². The molecule has 1 aliphatic carbocycles.